The van der Waals surface area contributed by atoms with Crippen LogP contribution in [-0.2, 0) is 13.0 Å². The van der Waals surface area contributed by atoms with E-state index < -0.39 is 6.10 Å². The fraction of sp³-hybridized carbons (Fsp3) is 0.381. The molecule has 2 aromatic heterocycles. The maximum absolute atomic E-state index is 10.7. The summed E-state index contributed by atoms with van der Waals surface area (Å²) in [5.74, 6) is 0. The number of aliphatic hydroxyl groups excluding tert-OH is 1. The van der Waals surface area contributed by atoms with Crippen LogP contribution in [0, 0.1) is 0 Å². The van der Waals surface area contributed by atoms with Gasteiger partial charge < -0.3 is 15.0 Å². The summed E-state index contributed by atoms with van der Waals surface area (Å²) in [7, 11) is 0. The number of para-hydroxylation sites is 1. The third-order valence-corrected chi connectivity index (χ3v) is 5.60. The Morgan fingerprint density at radius 1 is 1.16 bits per heavy atom. The summed E-state index contributed by atoms with van der Waals surface area (Å²) in [6, 6.07) is 13.5. The summed E-state index contributed by atoms with van der Waals surface area (Å²) in [6.07, 6.45) is 6.50. The van der Waals surface area contributed by atoms with E-state index in [-0.39, 0.29) is 7.43 Å². The minimum absolute atomic E-state index is 0. The van der Waals surface area contributed by atoms with Crippen LogP contribution in [0.2, 0.25) is 0 Å². The number of nitrogens with zero attached hydrogens (tertiary/aromatic N) is 2. The molecule has 2 bridgehead atoms. The lowest BCUT2D eigenvalue weighted by Crippen LogP contribution is -2.32. The van der Waals surface area contributed by atoms with Crippen LogP contribution in [0.15, 0.2) is 48.8 Å². The molecule has 1 fully saturated rings. The standard InChI is InChI=1S/C20H21N3O.CH4/c24-19(13-7-9-21-10-8-13)12-23-17-4-2-1-3-15(17)20-16-6-5-14(22-16)11-18(20)23;/h1-4,7-10,14,16,19,22,24H,5-6,11-12H2;1H4. The van der Waals surface area contributed by atoms with Crippen molar-refractivity contribution in [2.45, 2.75) is 51.4 Å². The Kier molecular flexibility index (Phi) is 4.10. The quantitative estimate of drug-likeness (QED) is 0.766. The topological polar surface area (TPSA) is 50.1 Å². The van der Waals surface area contributed by atoms with Gasteiger partial charge >= 0.3 is 0 Å². The highest BCUT2D eigenvalue weighted by molar-refractivity contribution is 5.86. The van der Waals surface area contributed by atoms with Crippen molar-refractivity contribution in [1.29, 1.82) is 0 Å². The number of hydrogen-bond donors (Lipinski definition) is 2. The Hall–Kier alpha value is -2.17. The molecule has 1 saturated heterocycles. The van der Waals surface area contributed by atoms with Crippen LogP contribution in [0.3, 0.4) is 0 Å². The molecule has 4 nitrogen and oxygen atoms in total. The minimum Gasteiger partial charge on any atom is -0.387 e. The average molecular weight is 335 g/mol. The lowest BCUT2D eigenvalue weighted by atomic mass is 9.99. The van der Waals surface area contributed by atoms with Crippen LogP contribution in [0.4, 0.5) is 0 Å². The number of hydrogen-bond acceptors (Lipinski definition) is 3. The first-order chi connectivity index (χ1) is 11.8. The van der Waals surface area contributed by atoms with E-state index in [1.54, 1.807) is 12.4 Å². The van der Waals surface area contributed by atoms with Crippen molar-refractivity contribution in [3.8, 4) is 0 Å². The number of nitrogens with one attached hydrogen (secondary N) is 1. The fourth-order valence-electron chi connectivity index (χ4n) is 4.51. The van der Waals surface area contributed by atoms with Gasteiger partial charge in [-0.05, 0) is 42.2 Å². The summed E-state index contributed by atoms with van der Waals surface area (Å²) in [6.45, 7) is 0.597. The summed E-state index contributed by atoms with van der Waals surface area (Å²) in [4.78, 5) is 4.05. The molecule has 4 heteroatoms. The Morgan fingerprint density at radius 3 is 2.80 bits per heavy atom. The second kappa shape index (κ2) is 6.28. The number of pyridine rings is 1. The molecule has 0 radical (unpaired) electrons. The Labute approximate surface area is 148 Å². The zero-order chi connectivity index (χ0) is 16.1. The maximum Gasteiger partial charge on any atom is 0.0970 e. The second-order valence-corrected chi connectivity index (χ2v) is 6.98. The van der Waals surface area contributed by atoms with Crippen molar-refractivity contribution < 1.29 is 5.11 Å². The fourth-order valence-corrected chi connectivity index (χ4v) is 4.51. The number of fused-ring (bicyclic) bond motifs is 6. The average Bonchev–Trinajstić information content (AvgIpc) is 3.16. The molecule has 25 heavy (non-hydrogen) atoms. The molecule has 0 spiro atoms. The highest BCUT2D eigenvalue weighted by Crippen LogP contribution is 2.42. The highest BCUT2D eigenvalue weighted by Gasteiger charge is 2.36. The van der Waals surface area contributed by atoms with Crippen LogP contribution in [0.5, 0.6) is 0 Å². The van der Waals surface area contributed by atoms with Gasteiger partial charge in [-0.2, -0.15) is 0 Å². The van der Waals surface area contributed by atoms with Gasteiger partial charge in [0.15, 0.2) is 0 Å². The molecule has 0 aliphatic carbocycles. The SMILES string of the molecule is C.OC(Cn1c2c(c3ccccc31)C1CCC(C2)N1)c1ccncc1. The second-order valence-electron chi connectivity index (χ2n) is 6.98. The number of aromatic nitrogens is 2. The van der Waals surface area contributed by atoms with Crippen molar-refractivity contribution in [2.24, 2.45) is 0 Å². The smallest absolute Gasteiger partial charge is 0.0970 e. The molecular weight excluding hydrogens is 310 g/mol. The van der Waals surface area contributed by atoms with Gasteiger partial charge in [-0.3, -0.25) is 4.98 Å². The largest absolute Gasteiger partial charge is 0.387 e. The third-order valence-electron chi connectivity index (χ3n) is 5.60. The van der Waals surface area contributed by atoms with E-state index >= 15 is 0 Å². The van der Waals surface area contributed by atoms with E-state index in [9.17, 15) is 5.11 Å². The van der Waals surface area contributed by atoms with Gasteiger partial charge in [0.05, 0.1) is 12.6 Å². The number of aliphatic hydroxyl groups is 1. The Bertz CT molecular complexity index is 887. The predicted octanol–water partition coefficient (Wildman–Crippen LogP) is 3.76. The highest BCUT2D eigenvalue weighted by atomic mass is 16.3. The van der Waals surface area contributed by atoms with Crippen molar-refractivity contribution in [2.75, 3.05) is 0 Å². The molecule has 0 saturated carbocycles. The van der Waals surface area contributed by atoms with Gasteiger partial charge in [0.2, 0.25) is 0 Å². The van der Waals surface area contributed by atoms with Gasteiger partial charge in [0, 0.05) is 47.5 Å². The van der Waals surface area contributed by atoms with Crippen molar-refractivity contribution >= 4 is 10.9 Å². The first-order valence-electron chi connectivity index (χ1n) is 8.75. The van der Waals surface area contributed by atoms with Crippen LogP contribution in [0.25, 0.3) is 10.9 Å². The van der Waals surface area contributed by atoms with E-state index in [0.29, 0.717) is 18.6 Å². The molecule has 3 atom stereocenters. The lowest BCUT2D eigenvalue weighted by Gasteiger charge is -2.25. The lowest BCUT2D eigenvalue weighted by molar-refractivity contribution is 0.156. The van der Waals surface area contributed by atoms with E-state index in [0.717, 1.165) is 12.0 Å². The van der Waals surface area contributed by atoms with Gasteiger partial charge in [0.1, 0.15) is 0 Å². The van der Waals surface area contributed by atoms with Crippen LogP contribution < -0.4 is 5.32 Å². The molecule has 1 aromatic carbocycles. The minimum atomic E-state index is -0.513. The van der Waals surface area contributed by atoms with Crippen LogP contribution in [-0.4, -0.2) is 20.7 Å². The molecule has 5 rings (SSSR count). The molecule has 2 aliphatic rings. The van der Waals surface area contributed by atoms with Crippen molar-refractivity contribution in [3.05, 3.63) is 65.6 Å². The monoisotopic (exact) mass is 335 g/mol. The first-order valence-corrected chi connectivity index (χ1v) is 8.75. The molecule has 2 aliphatic heterocycles. The third kappa shape index (κ3) is 2.57. The summed E-state index contributed by atoms with van der Waals surface area (Å²) < 4.78 is 2.35. The molecule has 130 valence electrons. The molecule has 2 N–H and O–H groups in total. The van der Waals surface area contributed by atoms with E-state index in [2.05, 4.69) is 39.1 Å². The predicted molar refractivity (Wildman–Crippen MR) is 100 cm³/mol. The Morgan fingerprint density at radius 2 is 1.96 bits per heavy atom. The van der Waals surface area contributed by atoms with Gasteiger partial charge in [0.25, 0.3) is 0 Å². The van der Waals surface area contributed by atoms with Gasteiger partial charge in [-0.1, -0.05) is 25.6 Å². The summed E-state index contributed by atoms with van der Waals surface area (Å²) in [5, 5.41) is 15.8. The van der Waals surface area contributed by atoms with Crippen LogP contribution >= 0.6 is 0 Å². The summed E-state index contributed by atoms with van der Waals surface area (Å²) in [5.41, 5.74) is 5.04. The maximum atomic E-state index is 10.7. The summed E-state index contributed by atoms with van der Waals surface area (Å²) >= 11 is 0. The van der Waals surface area contributed by atoms with Crippen LogP contribution in [0.1, 0.15) is 49.2 Å². The first kappa shape index (κ1) is 16.3. The van der Waals surface area contributed by atoms with E-state index in [1.165, 1.54) is 35.0 Å². The molecule has 3 unspecified atom stereocenters. The zero-order valence-corrected chi connectivity index (χ0v) is 13.5. The normalized spacial score (nSPS) is 22.4. The number of rotatable bonds is 3. The molecule has 0 amide bonds. The molecular formula is C21H25N3O. The van der Waals surface area contributed by atoms with Crippen molar-refractivity contribution in [1.82, 2.24) is 14.9 Å². The Balaban J connectivity index is 0.00000157. The number of benzene rings is 1. The van der Waals surface area contributed by atoms with Gasteiger partial charge in [-0.15, -0.1) is 0 Å². The molecule has 4 heterocycles. The zero-order valence-electron chi connectivity index (χ0n) is 13.5. The van der Waals surface area contributed by atoms with E-state index in [1.807, 2.05) is 12.1 Å². The van der Waals surface area contributed by atoms with Gasteiger partial charge in [-0.25, -0.2) is 0 Å². The van der Waals surface area contributed by atoms with Crippen molar-refractivity contribution in [3.63, 3.8) is 0 Å². The van der Waals surface area contributed by atoms with E-state index in [4.69, 9.17) is 0 Å². The molecule has 3 aromatic rings.